The van der Waals surface area contributed by atoms with Gasteiger partial charge in [-0.2, -0.15) is 0 Å². The zero-order valence-corrected chi connectivity index (χ0v) is 15.8. The number of thioether (sulfide) groups is 1. The number of hydrogen-bond acceptors (Lipinski definition) is 4. The molecule has 1 aromatic heterocycles. The Kier molecular flexibility index (Phi) is 5.70. The van der Waals surface area contributed by atoms with Gasteiger partial charge in [0.05, 0.1) is 23.6 Å². The molecule has 0 aliphatic heterocycles. The molecular formula is C17H18BrNO3S. The molecule has 0 aliphatic rings. The van der Waals surface area contributed by atoms with Crippen molar-refractivity contribution in [3.63, 3.8) is 0 Å². The van der Waals surface area contributed by atoms with Gasteiger partial charge in [-0.15, -0.1) is 11.8 Å². The number of carbonyl (C=O) groups excluding carboxylic acids is 2. The highest BCUT2D eigenvalue weighted by atomic mass is 79.9. The molecule has 122 valence electrons. The zero-order valence-electron chi connectivity index (χ0n) is 13.4. The number of aryl methyl sites for hydroxylation is 1. The maximum absolute atomic E-state index is 12.7. The fraction of sp³-hybridized carbons (Fsp3) is 0.294. The van der Waals surface area contributed by atoms with Crippen molar-refractivity contribution in [3.05, 3.63) is 51.3 Å². The third kappa shape index (κ3) is 3.87. The molecular weight excluding hydrogens is 378 g/mol. The van der Waals surface area contributed by atoms with E-state index in [-0.39, 0.29) is 11.0 Å². The van der Waals surface area contributed by atoms with Crippen LogP contribution in [-0.4, -0.2) is 29.1 Å². The topological polar surface area (TPSA) is 59.2 Å². The Morgan fingerprint density at radius 1 is 1.22 bits per heavy atom. The molecule has 1 N–H and O–H groups in total. The standard InChI is InChI=1S/C17H18BrNO3S/c1-9-14(17(21)22-4)10(2)19-15(9)16(20)11(3)23-13-7-5-12(18)6-8-13/h5-8,11,19H,1-4H3/t11-/m1/s1. The van der Waals surface area contributed by atoms with Crippen LogP contribution < -0.4 is 0 Å². The molecule has 2 aromatic rings. The van der Waals surface area contributed by atoms with Crippen molar-refractivity contribution >= 4 is 39.4 Å². The number of nitrogens with one attached hydrogen (secondary N) is 1. The number of aromatic nitrogens is 1. The average Bonchev–Trinajstić information content (AvgIpc) is 2.82. The molecule has 1 atom stereocenters. The molecule has 0 bridgehead atoms. The predicted molar refractivity (Wildman–Crippen MR) is 95.4 cm³/mol. The minimum atomic E-state index is -0.427. The molecule has 0 saturated carbocycles. The van der Waals surface area contributed by atoms with Crippen molar-refractivity contribution in [2.45, 2.75) is 30.9 Å². The minimum Gasteiger partial charge on any atom is -0.465 e. The number of H-pyrrole nitrogens is 1. The van der Waals surface area contributed by atoms with E-state index in [1.54, 1.807) is 13.8 Å². The van der Waals surface area contributed by atoms with Crippen LogP contribution in [0.4, 0.5) is 0 Å². The van der Waals surface area contributed by atoms with E-state index >= 15 is 0 Å². The second kappa shape index (κ2) is 7.36. The number of Topliss-reactive ketones (excluding diaryl/α,β-unsaturated/α-hetero) is 1. The molecule has 0 aliphatic carbocycles. The van der Waals surface area contributed by atoms with E-state index < -0.39 is 5.97 Å². The quantitative estimate of drug-likeness (QED) is 0.458. The van der Waals surface area contributed by atoms with Crippen molar-refractivity contribution < 1.29 is 14.3 Å². The zero-order chi connectivity index (χ0) is 17.1. The number of esters is 1. The van der Waals surface area contributed by atoms with Gasteiger partial charge in [-0.25, -0.2) is 4.79 Å². The van der Waals surface area contributed by atoms with Crippen LogP contribution in [0.15, 0.2) is 33.6 Å². The largest absolute Gasteiger partial charge is 0.465 e. The number of ether oxygens (including phenoxy) is 1. The molecule has 6 heteroatoms. The number of rotatable bonds is 5. The summed E-state index contributed by atoms with van der Waals surface area (Å²) in [6.07, 6.45) is 0. The summed E-state index contributed by atoms with van der Waals surface area (Å²) in [7, 11) is 1.34. The van der Waals surface area contributed by atoms with Gasteiger partial charge >= 0.3 is 5.97 Å². The van der Waals surface area contributed by atoms with Crippen molar-refractivity contribution in [2.75, 3.05) is 7.11 Å². The Hall–Kier alpha value is -1.53. The summed E-state index contributed by atoms with van der Waals surface area (Å²) >= 11 is 4.88. The highest BCUT2D eigenvalue weighted by Crippen LogP contribution is 2.28. The van der Waals surface area contributed by atoms with Crippen LogP contribution in [0.1, 0.15) is 39.0 Å². The summed E-state index contributed by atoms with van der Waals surface area (Å²) in [5, 5.41) is -0.265. The molecule has 4 nitrogen and oxygen atoms in total. The normalized spacial score (nSPS) is 12.0. The molecule has 23 heavy (non-hydrogen) atoms. The maximum Gasteiger partial charge on any atom is 0.339 e. The second-order valence-electron chi connectivity index (χ2n) is 5.19. The van der Waals surface area contributed by atoms with Crippen LogP contribution in [0, 0.1) is 13.8 Å². The first-order valence-corrected chi connectivity index (χ1v) is 8.76. The molecule has 0 unspecified atom stereocenters. The van der Waals surface area contributed by atoms with Crippen molar-refractivity contribution in [1.82, 2.24) is 4.98 Å². The Labute approximate surface area is 148 Å². The van der Waals surface area contributed by atoms with Gasteiger partial charge in [-0.1, -0.05) is 15.9 Å². The van der Waals surface area contributed by atoms with Gasteiger partial charge in [-0.3, -0.25) is 4.79 Å². The van der Waals surface area contributed by atoms with Gasteiger partial charge in [0.15, 0.2) is 5.78 Å². The van der Waals surface area contributed by atoms with Crippen molar-refractivity contribution in [3.8, 4) is 0 Å². The molecule has 0 radical (unpaired) electrons. The van der Waals surface area contributed by atoms with Crippen molar-refractivity contribution in [2.24, 2.45) is 0 Å². The van der Waals surface area contributed by atoms with E-state index in [0.717, 1.165) is 9.37 Å². The lowest BCUT2D eigenvalue weighted by atomic mass is 10.1. The Morgan fingerprint density at radius 2 is 1.83 bits per heavy atom. The number of halogens is 1. The molecule has 0 spiro atoms. The fourth-order valence-corrected chi connectivity index (χ4v) is 3.57. The van der Waals surface area contributed by atoms with Gasteiger partial charge in [0.2, 0.25) is 0 Å². The second-order valence-corrected chi connectivity index (χ2v) is 7.52. The van der Waals surface area contributed by atoms with Crippen LogP contribution in [0.3, 0.4) is 0 Å². The highest BCUT2D eigenvalue weighted by Gasteiger charge is 2.25. The summed E-state index contributed by atoms with van der Waals surface area (Å²) in [5.74, 6) is -0.461. The summed E-state index contributed by atoms with van der Waals surface area (Å²) in [6.45, 7) is 5.39. The van der Waals surface area contributed by atoms with E-state index in [2.05, 4.69) is 20.9 Å². The molecule has 0 fully saturated rings. The van der Waals surface area contributed by atoms with E-state index in [0.29, 0.717) is 22.5 Å². The lowest BCUT2D eigenvalue weighted by molar-refractivity contribution is 0.0599. The first-order valence-electron chi connectivity index (χ1n) is 7.09. The van der Waals surface area contributed by atoms with Crippen LogP contribution in [-0.2, 0) is 4.74 Å². The Bertz CT molecular complexity index is 737. The van der Waals surface area contributed by atoms with Gasteiger partial charge in [0.1, 0.15) is 0 Å². The number of carbonyl (C=O) groups is 2. The lowest BCUT2D eigenvalue weighted by Crippen LogP contribution is -2.15. The molecule has 1 aromatic carbocycles. The van der Waals surface area contributed by atoms with E-state index in [1.807, 2.05) is 31.2 Å². The first-order chi connectivity index (χ1) is 10.8. The third-order valence-corrected chi connectivity index (χ3v) is 5.21. The smallest absolute Gasteiger partial charge is 0.339 e. The highest BCUT2D eigenvalue weighted by molar-refractivity contribution is 9.10. The predicted octanol–water partition coefficient (Wildman–Crippen LogP) is 4.54. The van der Waals surface area contributed by atoms with E-state index in [9.17, 15) is 9.59 Å². The summed E-state index contributed by atoms with van der Waals surface area (Å²) in [5.41, 5.74) is 2.21. The first kappa shape index (κ1) is 17.8. The number of benzene rings is 1. The summed E-state index contributed by atoms with van der Waals surface area (Å²) in [6, 6.07) is 7.81. The Morgan fingerprint density at radius 3 is 2.39 bits per heavy atom. The van der Waals surface area contributed by atoms with E-state index in [1.165, 1.54) is 18.9 Å². The molecule has 2 rings (SSSR count). The molecule has 1 heterocycles. The lowest BCUT2D eigenvalue weighted by Gasteiger charge is -2.10. The summed E-state index contributed by atoms with van der Waals surface area (Å²) < 4.78 is 5.78. The Balaban J connectivity index is 2.23. The SMILES string of the molecule is COC(=O)c1c(C)[nH]c(C(=O)[C@@H](C)Sc2ccc(Br)cc2)c1C. The van der Waals surface area contributed by atoms with Crippen LogP contribution in [0.5, 0.6) is 0 Å². The van der Waals surface area contributed by atoms with Crippen LogP contribution in [0.25, 0.3) is 0 Å². The van der Waals surface area contributed by atoms with Gasteiger partial charge < -0.3 is 9.72 Å². The van der Waals surface area contributed by atoms with Crippen LogP contribution >= 0.6 is 27.7 Å². The minimum absolute atomic E-state index is 0.0336. The van der Waals surface area contributed by atoms with Gasteiger partial charge in [-0.05, 0) is 50.6 Å². The van der Waals surface area contributed by atoms with Gasteiger partial charge in [0, 0.05) is 15.1 Å². The third-order valence-electron chi connectivity index (χ3n) is 3.57. The number of ketones is 1. The molecule has 0 saturated heterocycles. The van der Waals surface area contributed by atoms with Crippen molar-refractivity contribution in [1.29, 1.82) is 0 Å². The maximum atomic E-state index is 12.7. The van der Waals surface area contributed by atoms with E-state index in [4.69, 9.17) is 4.74 Å². The average molecular weight is 396 g/mol. The number of aromatic amines is 1. The summed E-state index contributed by atoms with van der Waals surface area (Å²) in [4.78, 5) is 28.6. The number of hydrogen-bond donors (Lipinski definition) is 1. The number of methoxy groups -OCH3 is 1. The van der Waals surface area contributed by atoms with Gasteiger partial charge in [0.25, 0.3) is 0 Å². The van der Waals surface area contributed by atoms with Crippen LogP contribution in [0.2, 0.25) is 0 Å². The fourth-order valence-electron chi connectivity index (χ4n) is 2.38. The molecule has 0 amide bonds. The monoisotopic (exact) mass is 395 g/mol.